The highest BCUT2D eigenvalue weighted by Gasteiger charge is 2.50. The summed E-state index contributed by atoms with van der Waals surface area (Å²) in [6, 6.07) is -0.908. The average Bonchev–Trinajstić information content (AvgIpc) is 3.08. The molecule has 14 nitrogen and oxygen atoms in total. The van der Waals surface area contributed by atoms with Crippen LogP contribution in [0.1, 0.15) is 90.9 Å². The summed E-state index contributed by atoms with van der Waals surface area (Å²) >= 11 is 0. The van der Waals surface area contributed by atoms with Crippen LogP contribution in [0.15, 0.2) is 24.3 Å². The molecule has 9 N–H and O–H groups in total. The highest BCUT2D eigenvalue weighted by molar-refractivity contribution is 5.76. The van der Waals surface area contributed by atoms with Crippen LogP contribution < -0.4 is 5.32 Å². The molecule has 280 valence electrons. The molecule has 12 unspecified atom stereocenters. The van der Waals surface area contributed by atoms with Crippen molar-refractivity contribution in [1.82, 2.24) is 5.32 Å². The Morgan fingerprint density at radius 1 is 0.729 bits per heavy atom. The summed E-state index contributed by atoms with van der Waals surface area (Å²) in [4.78, 5) is 12.8. The second-order valence-electron chi connectivity index (χ2n) is 12.6. The lowest BCUT2D eigenvalue weighted by Crippen LogP contribution is -2.65. The lowest BCUT2D eigenvalue weighted by atomic mass is 9.97. The maximum atomic E-state index is 12.8. The molecule has 48 heavy (non-hydrogen) atoms. The molecule has 0 aromatic carbocycles. The van der Waals surface area contributed by atoms with E-state index in [4.69, 9.17) is 18.9 Å². The topological polar surface area (TPSA) is 228 Å². The highest BCUT2D eigenvalue weighted by Crippen LogP contribution is 2.29. The van der Waals surface area contributed by atoms with E-state index in [1.54, 1.807) is 6.08 Å². The van der Waals surface area contributed by atoms with E-state index in [2.05, 4.69) is 31.3 Å². The third kappa shape index (κ3) is 14.0. The second-order valence-corrected chi connectivity index (χ2v) is 12.6. The molecule has 0 aromatic rings. The van der Waals surface area contributed by atoms with Gasteiger partial charge in [0.15, 0.2) is 12.6 Å². The van der Waals surface area contributed by atoms with Crippen molar-refractivity contribution in [3.05, 3.63) is 24.3 Å². The molecule has 0 saturated carbocycles. The maximum absolute atomic E-state index is 12.8. The van der Waals surface area contributed by atoms with Crippen molar-refractivity contribution >= 4 is 5.91 Å². The van der Waals surface area contributed by atoms with Gasteiger partial charge in [0.05, 0.1) is 32.0 Å². The fourth-order valence-electron chi connectivity index (χ4n) is 5.57. The molecule has 14 heteroatoms. The van der Waals surface area contributed by atoms with Gasteiger partial charge in [-0.25, -0.2) is 0 Å². The van der Waals surface area contributed by atoms with Crippen LogP contribution in [-0.2, 0) is 23.7 Å². The summed E-state index contributed by atoms with van der Waals surface area (Å²) in [5, 5.41) is 85.3. The Hall–Kier alpha value is -1.53. The molecule has 0 aromatic heterocycles. The number of hydrogen-bond acceptors (Lipinski definition) is 13. The number of carbonyl (C=O) groups excluding carboxylic acids is 1. The Balaban J connectivity index is 1.96. The first-order chi connectivity index (χ1) is 23.1. The van der Waals surface area contributed by atoms with Gasteiger partial charge < -0.3 is 65.1 Å². The van der Waals surface area contributed by atoms with Gasteiger partial charge in [0.25, 0.3) is 0 Å². The van der Waals surface area contributed by atoms with Gasteiger partial charge in [-0.3, -0.25) is 4.79 Å². The van der Waals surface area contributed by atoms with Crippen molar-refractivity contribution in [3.63, 3.8) is 0 Å². The number of aliphatic hydroxyl groups excluding tert-OH is 8. The Labute approximate surface area is 284 Å². The first kappa shape index (κ1) is 42.6. The number of allylic oxidation sites excluding steroid dienone is 3. The number of rotatable bonds is 23. The predicted octanol–water partition coefficient (Wildman–Crippen LogP) is 0.306. The molecule has 1 amide bonds. The molecule has 2 fully saturated rings. The molecular formula is C34H61NO13. The zero-order valence-electron chi connectivity index (χ0n) is 28.5. The standard InChI is InChI=1S/C34H61NO13/c1-3-5-7-9-10-11-12-13-14-16-18-26(39)35-22(23(38)17-15-8-6-4-2)21-45-33-31(44)29(42)32(25(20-37)47-33)48-34-30(43)28(41)27(40)24(19-36)46-34/h7,9,15,17,22-25,27-34,36-38,40-44H,3-6,8,10-14,16,18-21H2,1-2H3,(H,35,39)/b9-7-,17-15+. The summed E-state index contributed by atoms with van der Waals surface area (Å²) in [6.07, 6.45) is 1.93. The first-order valence-electron chi connectivity index (χ1n) is 17.6. The van der Waals surface area contributed by atoms with Crippen LogP contribution in [0.4, 0.5) is 0 Å². The van der Waals surface area contributed by atoms with E-state index in [1.807, 2.05) is 6.08 Å². The fraction of sp³-hybridized carbons (Fsp3) is 0.853. The van der Waals surface area contributed by atoms with E-state index in [1.165, 1.54) is 0 Å². The molecule has 0 radical (unpaired) electrons. The second kappa shape index (κ2) is 23.8. The number of hydrogen-bond donors (Lipinski definition) is 9. The minimum Gasteiger partial charge on any atom is -0.394 e. The van der Waals surface area contributed by atoms with Crippen LogP contribution in [0.25, 0.3) is 0 Å². The number of nitrogens with one attached hydrogen (secondary N) is 1. The van der Waals surface area contributed by atoms with Gasteiger partial charge >= 0.3 is 0 Å². The Kier molecular flexibility index (Phi) is 21.1. The Morgan fingerprint density at radius 3 is 2.04 bits per heavy atom. The number of aliphatic hydroxyl groups is 8. The summed E-state index contributed by atoms with van der Waals surface area (Å²) in [6.45, 7) is 2.48. The van der Waals surface area contributed by atoms with Gasteiger partial charge in [0, 0.05) is 6.42 Å². The monoisotopic (exact) mass is 691 g/mol. The van der Waals surface area contributed by atoms with Crippen molar-refractivity contribution < 1.29 is 64.6 Å². The van der Waals surface area contributed by atoms with Crippen LogP contribution in [0.5, 0.6) is 0 Å². The van der Waals surface area contributed by atoms with Crippen LogP contribution in [-0.4, -0.2) is 140 Å². The molecule has 2 rings (SSSR count). The third-order valence-corrected chi connectivity index (χ3v) is 8.61. The van der Waals surface area contributed by atoms with Gasteiger partial charge in [-0.1, -0.05) is 76.7 Å². The SMILES string of the molecule is CCC/C=C\CCCCCCCC(=O)NC(COC1OC(CO)C(OC2OC(CO)C(O)C(O)C2O)C(O)C1O)C(O)/C=C/CCCC. The normalized spacial score (nSPS) is 32.5. The summed E-state index contributed by atoms with van der Waals surface area (Å²) < 4.78 is 22.3. The molecule has 2 aliphatic rings. The largest absolute Gasteiger partial charge is 0.394 e. The number of amides is 1. The average molecular weight is 692 g/mol. The lowest BCUT2D eigenvalue weighted by Gasteiger charge is -2.46. The lowest BCUT2D eigenvalue weighted by molar-refractivity contribution is -0.359. The summed E-state index contributed by atoms with van der Waals surface area (Å²) in [5.74, 6) is -0.265. The smallest absolute Gasteiger partial charge is 0.220 e. The predicted molar refractivity (Wildman–Crippen MR) is 175 cm³/mol. The molecular weight excluding hydrogens is 630 g/mol. The van der Waals surface area contributed by atoms with E-state index in [-0.39, 0.29) is 18.9 Å². The molecule has 0 spiro atoms. The van der Waals surface area contributed by atoms with Gasteiger partial charge in [-0.2, -0.15) is 0 Å². The minimum atomic E-state index is -1.78. The van der Waals surface area contributed by atoms with Crippen molar-refractivity contribution in [2.45, 2.75) is 164 Å². The van der Waals surface area contributed by atoms with Crippen molar-refractivity contribution in [3.8, 4) is 0 Å². The zero-order chi connectivity index (χ0) is 35.5. The Bertz CT molecular complexity index is 919. The highest BCUT2D eigenvalue weighted by atomic mass is 16.7. The van der Waals surface area contributed by atoms with Gasteiger partial charge in [-0.05, 0) is 32.1 Å². The van der Waals surface area contributed by atoms with E-state index in [9.17, 15) is 45.6 Å². The van der Waals surface area contributed by atoms with Gasteiger partial charge in [0.1, 0.15) is 48.8 Å². The number of carbonyl (C=O) groups is 1. The van der Waals surface area contributed by atoms with Gasteiger partial charge in [0.2, 0.25) is 5.91 Å². The minimum absolute atomic E-state index is 0.265. The van der Waals surface area contributed by atoms with Crippen LogP contribution in [0, 0.1) is 0 Å². The van der Waals surface area contributed by atoms with Crippen LogP contribution in [0.2, 0.25) is 0 Å². The molecule has 0 aliphatic carbocycles. The van der Waals surface area contributed by atoms with E-state index in [0.29, 0.717) is 6.42 Å². The number of unbranched alkanes of at least 4 members (excludes halogenated alkanes) is 8. The van der Waals surface area contributed by atoms with Crippen LogP contribution >= 0.6 is 0 Å². The fourth-order valence-corrected chi connectivity index (χ4v) is 5.57. The van der Waals surface area contributed by atoms with Crippen molar-refractivity contribution in [2.75, 3.05) is 19.8 Å². The molecule has 2 saturated heterocycles. The summed E-state index contributed by atoms with van der Waals surface area (Å²) in [5.41, 5.74) is 0. The Morgan fingerprint density at radius 2 is 1.35 bits per heavy atom. The third-order valence-electron chi connectivity index (χ3n) is 8.61. The van der Waals surface area contributed by atoms with E-state index < -0.39 is 86.8 Å². The number of ether oxygens (including phenoxy) is 4. The van der Waals surface area contributed by atoms with Gasteiger partial charge in [-0.15, -0.1) is 0 Å². The molecule has 2 aliphatic heterocycles. The van der Waals surface area contributed by atoms with Crippen molar-refractivity contribution in [2.24, 2.45) is 0 Å². The maximum Gasteiger partial charge on any atom is 0.220 e. The summed E-state index contributed by atoms with van der Waals surface area (Å²) in [7, 11) is 0. The molecule has 2 heterocycles. The van der Waals surface area contributed by atoms with E-state index in [0.717, 1.165) is 64.2 Å². The zero-order valence-corrected chi connectivity index (χ0v) is 28.5. The van der Waals surface area contributed by atoms with E-state index >= 15 is 0 Å². The van der Waals surface area contributed by atoms with Crippen molar-refractivity contribution in [1.29, 1.82) is 0 Å². The molecule has 12 atom stereocenters. The molecule has 0 bridgehead atoms. The van der Waals surface area contributed by atoms with Crippen LogP contribution in [0.3, 0.4) is 0 Å². The first-order valence-corrected chi connectivity index (χ1v) is 17.6. The quantitative estimate of drug-likeness (QED) is 0.0520.